The van der Waals surface area contributed by atoms with Crippen LogP contribution in [0.15, 0.2) is 12.1 Å². The van der Waals surface area contributed by atoms with Gasteiger partial charge in [-0.25, -0.2) is 8.78 Å². The molecule has 0 aliphatic rings. The third-order valence-corrected chi connectivity index (χ3v) is 1.85. The summed E-state index contributed by atoms with van der Waals surface area (Å²) in [5, 5.41) is 2.40. The number of hydrogen-bond donors (Lipinski definition) is 1. The lowest BCUT2D eigenvalue weighted by Crippen LogP contribution is -2.19. The zero-order chi connectivity index (χ0) is 15.0. The molecule has 1 N–H and O–H groups in total. The Morgan fingerprint density at radius 2 is 1.63 bits per heavy atom. The molecule has 106 valence electrons. The third kappa shape index (κ3) is 5.94. The molecule has 0 aromatic heterocycles. The number of nitrogens with one attached hydrogen (secondary N) is 1. The Hall–Kier alpha value is -1.98. The second kappa shape index (κ2) is 8.18. The minimum atomic E-state index is -0.986. The average molecular weight is 273 g/mol. The van der Waals surface area contributed by atoms with E-state index in [1.807, 2.05) is 13.8 Å². The van der Waals surface area contributed by atoms with Gasteiger partial charge in [-0.05, 0) is 17.7 Å². The van der Waals surface area contributed by atoms with Gasteiger partial charge in [0.1, 0.15) is 0 Å². The monoisotopic (exact) mass is 273 g/mol. The molecular weight excluding hydrogens is 256 g/mol. The fourth-order valence-corrected chi connectivity index (χ4v) is 1.18. The maximum atomic E-state index is 13.4. The lowest BCUT2D eigenvalue weighted by Gasteiger charge is -2.07. The van der Waals surface area contributed by atoms with E-state index in [0.717, 1.165) is 19.1 Å². The molecule has 1 rings (SSSR count). The molecular formula is C13H17F2NO3. The number of amides is 1. The van der Waals surface area contributed by atoms with E-state index >= 15 is 0 Å². The number of ether oxygens (including phenoxy) is 1. The first-order valence-corrected chi connectivity index (χ1v) is 5.81. The molecule has 1 aromatic rings. The van der Waals surface area contributed by atoms with Crippen molar-refractivity contribution in [1.29, 1.82) is 0 Å². The quantitative estimate of drug-likeness (QED) is 0.680. The minimum absolute atomic E-state index is 0.00350. The van der Waals surface area contributed by atoms with Gasteiger partial charge in [0.05, 0.1) is 0 Å². The number of carbonyl (C=O) groups is 2. The molecule has 0 saturated carbocycles. The summed E-state index contributed by atoms with van der Waals surface area (Å²) >= 11 is 0. The van der Waals surface area contributed by atoms with E-state index in [1.165, 1.54) is 6.92 Å². The fourth-order valence-electron chi connectivity index (χ4n) is 1.18. The highest BCUT2D eigenvalue weighted by molar-refractivity contribution is 5.72. The first-order valence-electron chi connectivity index (χ1n) is 5.81. The van der Waals surface area contributed by atoms with Crippen molar-refractivity contribution in [2.45, 2.75) is 34.2 Å². The van der Waals surface area contributed by atoms with Gasteiger partial charge in [0, 0.05) is 20.4 Å². The highest BCUT2D eigenvalue weighted by Crippen LogP contribution is 2.23. The normalized spacial score (nSPS) is 9.16. The first kappa shape index (κ1) is 17.0. The van der Waals surface area contributed by atoms with E-state index in [9.17, 15) is 18.4 Å². The highest BCUT2D eigenvalue weighted by atomic mass is 19.1. The molecule has 4 nitrogen and oxygen atoms in total. The summed E-state index contributed by atoms with van der Waals surface area (Å²) in [7, 11) is 0. The van der Waals surface area contributed by atoms with E-state index in [0.29, 0.717) is 0 Å². The lowest BCUT2D eigenvalue weighted by molar-refractivity contribution is -0.132. The Bertz CT molecular complexity index is 438. The van der Waals surface area contributed by atoms with Crippen molar-refractivity contribution >= 4 is 11.9 Å². The van der Waals surface area contributed by atoms with Gasteiger partial charge in [0.2, 0.25) is 11.7 Å². The van der Waals surface area contributed by atoms with E-state index in [-0.39, 0.29) is 18.0 Å². The van der Waals surface area contributed by atoms with Gasteiger partial charge in [-0.1, -0.05) is 13.8 Å². The molecule has 0 aliphatic carbocycles. The van der Waals surface area contributed by atoms with Crippen LogP contribution in [0.5, 0.6) is 5.75 Å². The first-order chi connectivity index (χ1) is 8.90. The van der Waals surface area contributed by atoms with Crippen molar-refractivity contribution < 1.29 is 23.1 Å². The van der Waals surface area contributed by atoms with Gasteiger partial charge >= 0.3 is 5.97 Å². The molecule has 0 fully saturated rings. The van der Waals surface area contributed by atoms with Gasteiger partial charge in [-0.2, -0.15) is 0 Å². The lowest BCUT2D eigenvalue weighted by atomic mass is 10.2. The van der Waals surface area contributed by atoms with Crippen molar-refractivity contribution in [2.75, 3.05) is 0 Å². The minimum Gasteiger partial charge on any atom is -0.420 e. The van der Waals surface area contributed by atoms with Crippen LogP contribution in [0.4, 0.5) is 8.78 Å². The smallest absolute Gasteiger partial charge is 0.308 e. The zero-order valence-corrected chi connectivity index (χ0v) is 11.3. The van der Waals surface area contributed by atoms with Crippen LogP contribution in [0.2, 0.25) is 0 Å². The predicted octanol–water partition coefficient (Wildman–Crippen LogP) is 2.55. The topological polar surface area (TPSA) is 55.4 Å². The molecule has 0 spiro atoms. The second-order valence-electron chi connectivity index (χ2n) is 3.39. The maximum absolute atomic E-state index is 13.4. The number of carbonyl (C=O) groups excluding carboxylic acids is 2. The fraction of sp³-hybridized carbons (Fsp3) is 0.385. The van der Waals surface area contributed by atoms with Gasteiger partial charge < -0.3 is 10.1 Å². The summed E-state index contributed by atoms with van der Waals surface area (Å²) in [5.74, 6) is -3.82. The summed E-state index contributed by atoms with van der Waals surface area (Å²) < 4.78 is 31.1. The number of esters is 1. The van der Waals surface area contributed by atoms with Crippen molar-refractivity contribution in [3.8, 4) is 5.75 Å². The largest absolute Gasteiger partial charge is 0.420 e. The van der Waals surface area contributed by atoms with Gasteiger partial charge in [-0.3, -0.25) is 9.59 Å². The van der Waals surface area contributed by atoms with Crippen LogP contribution in [0.3, 0.4) is 0 Å². The Morgan fingerprint density at radius 3 is 2.00 bits per heavy atom. The third-order valence-electron chi connectivity index (χ3n) is 1.85. The van der Waals surface area contributed by atoms with Crippen molar-refractivity contribution in [3.05, 3.63) is 29.3 Å². The van der Waals surface area contributed by atoms with Crippen molar-refractivity contribution in [3.63, 3.8) is 0 Å². The van der Waals surface area contributed by atoms with Crippen LogP contribution in [-0.4, -0.2) is 11.9 Å². The molecule has 0 unspecified atom stereocenters. The number of benzene rings is 1. The molecule has 6 heteroatoms. The summed E-state index contributed by atoms with van der Waals surface area (Å²) in [4.78, 5) is 21.2. The van der Waals surface area contributed by atoms with Crippen LogP contribution in [0, 0.1) is 11.6 Å². The van der Waals surface area contributed by atoms with E-state index in [2.05, 4.69) is 10.1 Å². The predicted molar refractivity (Wildman–Crippen MR) is 66.5 cm³/mol. The Kier molecular flexibility index (Phi) is 7.33. The highest BCUT2D eigenvalue weighted by Gasteiger charge is 2.14. The molecule has 0 radical (unpaired) electrons. The van der Waals surface area contributed by atoms with Crippen LogP contribution < -0.4 is 10.1 Å². The van der Waals surface area contributed by atoms with Crippen molar-refractivity contribution in [2.24, 2.45) is 0 Å². The molecule has 19 heavy (non-hydrogen) atoms. The van der Waals surface area contributed by atoms with Crippen LogP contribution >= 0.6 is 0 Å². The zero-order valence-electron chi connectivity index (χ0n) is 11.3. The SMILES string of the molecule is CC.CC(=O)NCc1cc(F)c(OC(C)=O)c(F)c1. The van der Waals surface area contributed by atoms with Crippen LogP contribution in [0.1, 0.15) is 33.3 Å². The molecule has 1 amide bonds. The summed E-state index contributed by atoms with van der Waals surface area (Å²) in [5.41, 5.74) is 0.242. The van der Waals surface area contributed by atoms with E-state index in [4.69, 9.17) is 0 Å². The molecule has 1 aromatic carbocycles. The Morgan fingerprint density at radius 1 is 1.16 bits per heavy atom. The molecule has 0 aliphatic heterocycles. The van der Waals surface area contributed by atoms with E-state index in [1.54, 1.807) is 0 Å². The Balaban J connectivity index is 0.00000154. The molecule has 0 saturated heterocycles. The number of hydrogen-bond acceptors (Lipinski definition) is 3. The second-order valence-corrected chi connectivity index (χ2v) is 3.39. The van der Waals surface area contributed by atoms with Gasteiger partial charge in [-0.15, -0.1) is 0 Å². The number of rotatable bonds is 3. The number of halogens is 2. The van der Waals surface area contributed by atoms with Crippen LogP contribution in [-0.2, 0) is 16.1 Å². The average Bonchev–Trinajstić information content (AvgIpc) is 2.33. The van der Waals surface area contributed by atoms with Gasteiger partial charge in [0.25, 0.3) is 0 Å². The molecule has 0 bridgehead atoms. The standard InChI is InChI=1S/C11H11F2NO3.C2H6/c1-6(15)14-5-8-3-9(12)11(10(13)4-8)17-7(2)16;1-2/h3-4H,5H2,1-2H3,(H,14,15);1-2H3. The molecule has 0 atom stereocenters. The summed E-state index contributed by atoms with van der Waals surface area (Å²) in [6, 6.07) is 1.99. The van der Waals surface area contributed by atoms with E-state index < -0.39 is 23.4 Å². The molecule has 0 heterocycles. The summed E-state index contributed by atoms with van der Waals surface area (Å²) in [6.45, 7) is 6.34. The maximum Gasteiger partial charge on any atom is 0.308 e. The van der Waals surface area contributed by atoms with Crippen LogP contribution in [0.25, 0.3) is 0 Å². The summed E-state index contributed by atoms with van der Waals surface area (Å²) in [6.07, 6.45) is 0. The Labute approximate surface area is 110 Å². The van der Waals surface area contributed by atoms with Gasteiger partial charge in [0.15, 0.2) is 11.6 Å². The van der Waals surface area contributed by atoms with Crippen molar-refractivity contribution in [1.82, 2.24) is 5.32 Å².